The minimum Gasteiger partial charge on any atom is -0.289 e. The van der Waals surface area contributed by atoms with Crippen molar-refractivity contribution in [3.05, 3.63) is 35.5 Å². The van der Waals surface area contributed by atoms with Crippen molar-refractivity contribution in [1.29, 1.82) is 0 Å². The quantitative estimate of drug-likeness (QED) is 0.728. The number of rotatable bonds is 2. The number of imidazole rings is 1. The summed E-state index contributed by atoms with van der Waals surface area (Å²) in [5, 5.41) is 4.24. The highest BCUT2D eigenvalue weighted by Crippen LogP contribution is 2.18. The largest absolute Gasteiger partial charge is 0.289 e. The second-order valence-electron chi connectivity index (χ2n) is 3.69. The molecule has 6 heteroatoms. The van der Waals surface area contributed by atoms with Crippen molar-refractivity contribution >= 4 is 21.7 Å². The van der Waals surface area contributed by atoms with Crippen molar-refractivity contribution in [2.75, 3.05) is 0 Å². The van der Waals surface area contributed by atoms with Gasteiger partial charge in [0.25, 0.3) is 0 Å². The van der Waals surface area contributed by atoms with Crippen molar-refractivity contribution in [2.45, 2.75) is 13.5 Å². The fourth-order valence-corrected chi connectivity index (χ4v) is 1.99. The van der Waals surface area contributed by atoms with Gasteiger partial charge in [0.2, 0.25) is 5.78 Å². The van der Waals surface area contributed by atoms with Gasteiger partial charge < -0.3 is 0 Å². The predicted molar refractivity (Wildman–Crippen MR) is 67.6 cm³/mol. The number of hydrogen-bond donors (Lipinski definition) is 0. The van der Waals surface area contributed by atoms with Gasteiger partial charge in [0.15, 0.2) is 0 Å². The lowest BCUT2D eigenvalue weighted by Gasteiger charge is -1.90. The Balaban J connectivity index is 2.11. The molecule has 0 spiro atoms. The Hall–Kier alpha value is -1.69. The number of halogens is 1. The minimum atomic E-state index is 0.687. The van der Waals surface area contributed by atoms with E-state index in [2.05, 4.69) is 37.9 Å². The zero-order valence-electron chi connectivity index (χ0n) is 9.21. The Morgan fingerprint density at radius 1 is 1.24 bits per heavy atom. The first kappa shape index (κ1) is 10.5. The number of hydrogen-bond acceptors (Lipinski definition) is 3. The van der Waals surface area contributed by atoms with E-state index in [0.29, 0.717) is 5.78 Å². The average molecular weight is 292 g/mol. The van der Waals surface area contributed by atoms with Crippen molar-refractivity contribution in [3.8, 4) is 11.3 Å². The van der Waals surface area contributed by atoms with E-state index in [0.717, 1.165) is 22.3 Å². The fourth-order valence-electron chi connectivity index (χ4n) is 1.67. The van der Waals surface area contributed by atoms with Gasteiger partial charge in [-0.25, -0.2) is 9.97 Å². The van der Waals surface area contributed by atoms with Crippen LogP contribution in [0.5, 0.6) is 0 Å². The molecule has 86 valence electrons. The molecule has 0 bridgehead atoms. The highest BCUT2D eigenvalue weighted by molar-refractivity contribution is 9.10. The summed E-state index contributed by atoms with van der Waals surface area (Å²) in [6.45, 7) is 2.91. The molecule has 0 N–H and O–H groups in total. The third kappa shape index (κ3) is 1.84. The van der Waals surface area contributed by atoms with Gasteiger partial charge in [0.1, 0.15) is 0 Å². The molecule has 0 saturated carbocycles. The van der Waals surface area contributed by atoms with E-state index in [1.807, 2.05) is 33.9 Å². The molecule has 3 aromatic rings. The summed E-state index contributed by atoms with van der Waals surface area (Å²) in [6, 6.07) is 0. The monoisotopic (exact) mass is 291 g/mol. The maximum Gasteiger partial charge on any atom is 0.234 e. The number of aryl methyl sites for hydroxylation is 1. The highest BCUT2D eigenvalue weighted by Gasteiger charge is 2.07. The molecule has 0 aromatic carbocycles. The highest BCUT2D eigenvalue weighted by atomic mass is 79.9. The van der Waals surface area contributed by atoms with E-state index in [9.17, 15) is 0 Å². The topological polar surface area (TPSA) is 48.0 Å². The second kappa shape index (κ2) is 3.96. The number of nitrogens with zero attached hydrogens (tertiary/aromatic N) is 5. The van der Waals surface area contributed by atoms with Gasteiger partial charge in [-0.05, 0) is 22.9 Å². The van der Waals surface area contributed by atoms with Crippen LogP contribution in [0.4, 0.5) is 0 Å². The van der Waals surface area contributed by atoms with E-state index in [-0.39, 0.29) is 0 Å². The fraction of sp³-hybridized carbons (Fsp3) is 0.182. The predicted octanol–water partition coefficient (Wildman–Crippen LogP) is 2.38. The van der Waals surface area contributed by atoms with Gasteiger partial charge in [0.05, 0.1) is 16.4 Å². The van der Waals surface area contributed by atoms with Gasteiger partial charge in [-0.2, -0.15) is 5.10 Å². The molecule has 0 radical (unpaired) electrons. The summed E-state index contributed by atoms with van der Waals surface area (Å²) in [7, 11) is 0. The lowest BCUT2D eigenvalue weighted by atomic mass is 10.3. The van der Waals surface area contributed by atoms with Gasteiger partial charge >= 0.3 is 0 Å². The van der Waals surface area contributed by atoms with Gasteiger partial charge in [-0.15, -0.1) is 0 Å². The van der Waals surface area contributed by atoms with Crippen molar-refractivity contribution in [3.63, 3.8) is 0 Å². The van der Waals surface area contributed by atoms with Crippen LogP contribution in [0.3, 0.4) is 0 Å². The summed E-state index contributed by atoms with van der Waals surface area (Å²) in [5.41, 5.74) is 1.89. The molecule has 0 atom stereocenters. The van der Waals surface area contributed by atoms with E-state index in [4.69, 9.17) is 0 Å². The molecule has 5 nitrogen and oxygen atoms in total. The Bertz CT molecular complexity index is 669. The van der Waals surface area contributed by atoms with E-state index in [1.165, 1.54) is 0 Å². The van der Waals surface area contributed by atoms with Crippen molar-refractivity contribution in [2.24, 2.45) is 0 Å². The average Bonchev–Trinajstić information content (AvgIpc) is 2.93. The van der Waals surface area contributed by atoms with E-state index >= 15 is 0 Å². The molecule has 3 heterocycles. The summed E-state index contributed by atoms with van der Waals surface area (Å²) in [6.07, 6.45) is 9.42. The maximum absolute atomic E-state index is 4.45. The van der Waals surface area contributed by atoms with Crippen LogP contribution in [0.2, 0.25) is 0 Å². The van der Waals surface area contributed by atoms with Crippen LogP contribution in [-0.2, 0) is 6.54 Å². The molecule has 17 heavy (non-hydrogen) atoms. The molecule has 0 amide bonds. The molecule has 3 rings (SSSR count). The first-order valence-electron chi connectivity index (χ1n) is 5.29. The molecule has 0 aliphatic heterocycles. The molecular weight excluding hydrogens is 282 g/mol. The first-order chi connectivity index (χ1) is 8.26. The molecule has 0 saturated heterocycles. The Morgan fingerprint density at radius 3 is 2.88 bits per heavy atom. The zero-order chi connectivity index (χ0) is 11.8. The van der Waals surface area contributed by atoms with Crippen molar-refractivity contribution in [1.82, 2.24) is 24.1 Å². The Morgan fingerprint density at radius 2 is 2.12 bits per heavy atom. The molecule has 0 unspecified atom stereocenters. The molecule has 3 aromatic heterocycles. The normalized spacial score (nSPS) is 11.2. The third-order valence-corrected chi connectivity index (χ3v) is 2.94. The molecule has 0 fully saturated rings. The van der Waals surface area contributed by atoms with E-state index < -0.39 is 0 Å². The lowest BCUT2D eigenvalue weighted by molar-refractivity contribution is 0.660. The van der Waals surface area contributed by atoms with Crippen LogP contribution in [0.15, 0.2) is 35.5 Å². The summed E-state index contributed by atoms with van der Waals surface area (Å²) in [5.74, 6) is 0.687. The first-order valence-corrected chi connectivity index (χ1v) is 6.08. The smallest absolute Gasteiger partial charge is 0.234 e. The van der Waals surface area contributed by atoms with Crippen LogP contribution in [0.1, 0.15) is 6.92 Å². The standard InChI is InChI=1S/C11H10BrN5/c1-2-17-5-8(3-14-17)10-7-16-6-9(12)4-13-11(16)15-10/h3-7H,2H2,1H3. The Labute approximate surface area is 106 Å². The summed E-state index contributed by atoms with van der Waals surface area (Å²) >= 11 is 3.39. The third-order valence-electron chi connectivity index (χ3n) is 2.53. The maximum atomic E-state index is 4.45. The number of aromatic nitrogens is 5. The minimum absolute atomic E-state index is 0.687. The van der Waals surface area contributed by atoms with Crippen LogP contribution in [0.25, 0.3) is 17.0 Å². The summed E-state index contributed by atoms with van der Waals surface area (Å²) in [4.78, 5) is 8.68. The molecule has 0 aliphatic rings. The van der Waals surface area contributed by atoms with Crippen LogP contribution >= 0.6 is 15.9 Å². The SMILES string of the molecule is CCn1cc(-c2cn3cc(Br)cnc3n2)cn1. The second-order valence-corrected chi connectivity index (χ2v) is 4.61. The van der Waals surface area contributed by atoms with Crippen LogP contribution < -0.4 is 0 Å². The van der Waals surface area contributed by atoms with Gasteiger partial charge in [0, 0.05) is 36.9 Å². The number of fused-ring (bicyclic) bond motifs is 1. The zero-order valence-corrected chi connectivity index (χ0v) is 10.8. The molecular formula is C11H10BrN5. The Kier molecular flexibility index (Phi) is 2.44. The van der Waals surface area contributed by atoms with Crippen LogP contribution in [0, 0.1) is 0 Å². The van der Waals surface area contributed by atoms with Gasteiger partial charge in [-0.3, -0.25) is 9.08 Å². The van der Waals surface area contributed by atoms with Gasteiger partial charge in [-0.1, -0.05) is 0 Å². The summed E-state index contributed by atoms with van der Waals surface area (Å²) < 4.78 is 4.70. The molecule has 0 aliphatic carbocycles. The lowest BCUT2D eigenvalue weighted by Crippen LogP contribution is -1.91. The van der Waals surface area contributed by atoms with Crippen LogP contribution in [-0.4, -0.2) is 24.1 Å². The van der Waals surface area contributed by atoms with Crippen molar-refractivity contribution < 1.29 is 0 Å². The van der Waals surface area contributed by atoms with E-state index in [1.54, 1.807) is 6.20 Å².